The summed E-state index contributed by atoms with van der Waals surface area (Å²) in [6.07, 6.45) is 14.6. The molecule has 8 aromatic rings. The van der Waals surface area contributed by atoms with E-state index in [1.807, 2.05) is 42.6 Å². The molecule has 0 saturated carbocycles. The van der Waals surface area contributed by atoms with E-state index in [2.05, 4.69) is 70.9 Å². The van der Waals surface area contributed by atoms with E-state index in [-0.39, 0.29) is 46.5 Å². The van der Waals surface area contributed by atoms with Crippen molar-refractivity contribution >= 4 is 105 Å². The van der Waals surface area contributed by atoms with Crippen LogP contribution in [0.25, 0.3) is 0 Å². The Morgan fingerprint density at radius 1 is 0.482 bits per heavy atom. The van der Waals surface area contributed by atoms with Crippen molar-refractivity contribution in [3.63, 3.8) is 0 Å². The second-order valence-corrected chi connectivity index (χ2v) is 29.6. The summed E-state index contributed by atoms with van der Waals surface area (Å²) >= 11 is 1.12. The van der Waals surface area contributed by atoms with Crippen LogP contribution in [0.5, 0.6) is 0 Å². The Morgan fingerprint density at radius 2 is 0.895 bits per heavy atom. The number of benzene rings is 2. The zero-order valence-electron chi connectivity index (χ0n) is 65.7. The van der Waals surface area contributed by atoms with Crippen molar-refractivity contribution in [2.24, 2.45) is 36.6 Å². The SMILES string of the molecule is CC(C)(C)OC(=O)N=C(NC(=O)C(C)(F)F)n1cccn1.CC(C)(C)OC(=O)NC(=N)n1cccn1.CSC(=NC(=O)OC(C)(C)C)NC(=O)OC(C)(C)C.Cc1ccc(S(=O)(=O)N=C(NC(=O)OC(C)(C)C)n2cccn2)cc1.N=C(N)n1cccn1.N=C(N)n1cncn1.NC(=NC(=O)OCc1ccccc1)n1cccn1. The van der Waals surface area contributed by atoms with Gasteiger partial charge in [0.15, 0.2) is 5.17 Å². The molecule has 6 heterocycles. The van der Waals surface area contributed by atoms with E-state index in [9.17, 15) is 50.8 Å². The van der Waals surface area contributed by atoms with E-state index in [1.165, 1.54) is 86.8 Å². The predicted octanol–water partition coefficient (Wildman–Crippen LogP) is 8.49. The molecule has 7 amide bonds. The van der Waals surface area contributed by atoms with E-state index in [1.54, 1.807) is 171 Å². The van der Waals surface area contributed by atoms with Gasteiger partial charge in [-0.25, -0.2) is 57.2 Å². The number of halogens is 2. The first-order valence-electron chi connectivity index (χ1n) is 33.2. The molecular formula is C68H95F2N27O15S2. The van der Waals surface area contributed by atoms with Gasteiger partial charge in [-0.1, -0.05) is 59.8 Å². The number of carbonyl (C=O) groups excluding carboxylic acids is 7. The molecule has 0 aliphatic heterocycles. The third kappa shape index (κ3) is 43.1. The van der Waals surface area contributed by atoms with Crippen molar-refractivity contribution in [1.82, 2.24) is 84.9 Å². The summed E-state index contributed by atoms with van der Waals surface area (Å²) in [5.41, 5.74) is 14.0. The van der Waals surface area contributed by atoms with Crippen LogP contribution in [-0.4, -0.2) is 196 Å². The normalized spacial score (nSPS) is 11.8. The van der Waals surface area contributed by atoms with Gasteiger partial charge in [-0.15, -0.1) is 14.4 Å². The number of alkyl carbamates (subject to hydrolysis) is 3. The standard InChI is InChI=1S/C16H20N4O4S.C12H16F2N4O3.C12H12N4O2.C12H22N2O4S.C9H14N4O2.C4H6N4.C3H5N5/c1-12-6-8-13(9-7-12)25(22,23)19-14(20-11-5-10-17-20)18-15(21)24-16(2,3)4;1-11(2,3)21-10(20)17-9(18-7-5-6-15-18)16-8(19)12(4,13)14;13-11(16-8-4-7-14-16)15-12(17)18-9-10-5-2-1-3-6-10;1-11(2,3)17-9(15)13-8(19-7)14-10(16)18-12(4,5)6;1-9(2,3)15-8(14)12-7(10)13-6-4-5-11-13;5-4(6)8-3-1-2-7-8;4-3(5)8-2-6-1-7-8/h5-11H,1-4H3,(H,18,19,21);5-7H,1-4H3,(H,16,17,19,20);1-8H,9H2,(H2,13,15,17);1-7H3,(H,13,14,15,16);4-6H,1-3H3,(H2,10,12,14);1-3H,(H3,5,6);1-2H,(H3,4,5). The molecule has 8 rings (SSSR count). The van der Waals surface area contributed by atoms with Crippen molar-refractivity contribution in [1.29, 1.82) is 16.2 Å². The van der Waals surface area contributed by atoms with E-state index in [4.69, 9.17) is 61.9 Å². The average Bonchev–Trinajstić information content (AvgIpc) is 1.24. The summed E-state index contributed by atoms with van der Waals surface area (Å²) in [7, 11) is -4.03. The quantitative estimate of drug-likeness (QED) is 0.0438. The molecule has 0 bridgehead atoms. The van der Waals surface area contributed by atoms with Crippen LogP contribution in [0.1, 0.15) is 122 Å². The summed E-state index contributed by atoms with van der Waals surface area (Å²) < 4.78 is 91.6. The van der Waals surface area contributed by atoms with Crippen LogP contribution >= 0.6 is 11.8 Å². The molecule has 6 aromatic heterocycles. The van der Waals surface area contributed by atoms with Gasteiger partial charge in [-0.2, -0.15) is 57.5 Å². The van der Waals surface area contributed by atoms with Crippen LogP contribution in [0.15, 0.2) is 184 Å². The number of hydrogen-bond donors (Lipinski definition) is 10. The van der Waals surface area contributed by atoms with Crippen molar-refractivity contribution in [3.05, 3.63) is 171 Å². The number of sulfonamides is 1. The van der Waals surface area contributed by atoms with E-state index in [0.29, 0.717) is 6.92 Å². The third-order valence-electron chi connectivity index (χ3n) is 11.1. The number of thioether (sulfide) groups is 1. The van der Waals surface area contributed by atoms with Crippen LogP contribution in [0.4, 0.5) is 37.5 Å². The minimum Gasteiger partial charge on any atom is -0.444 e. The maximum Gasteiger partial charge on any atom is 0.437 e. The number of nitrogen functional groups attached to an aromatic ring is 2. The number of alkyl halides is 2. The largest absolute Gasteiger partial charge is 0.444 e. The molecule has 42 nitrogen and oxygen atoms in total. The number of hydrogen-bond acceptors (Lipinski definition) is 26. The summed E-state index contributed by atoms with van der Waals surface area (Å²) in [5.74, 6) is -6.34. The van der Waals surface area contributed by atoms with Gasteiger partial charge in [-0.3, -0.25) is 42.3 Å². The molecule has 0 atom stereocenters. The smallest absolute Gasteiger partial charge is 0.437 e. The summed E-state index contributed by atoms with van der Waals surface area (Å²) in [4.78, 5) is 94.8. The maximum atomic E-state index is 12.9. The van der Waals surface area contributed by atoms with Crippen molar-refractivity contribution in [2.45, 2.75) is 163 Å². The van der Waals surface area contributed by atoms with Crippen LogP contribution in [0, 0.1) is 23.2 Å². The Balaban J connectivity index is 0.000000463. The lowest BCUT2D eigenvalue weighted by atomic mass is 10.2. The summed E-state index contributed by atoms with van der Waals surface area (Å²) in [5, 5.41) is 52.5. The number of aliphatic imine (C=N–C) groups is 3. The number of nitrogens with zero attached hydrogens (tertiary/aromatic N) is 17. The van der Waals surface area contributed by atoms with Crippen LogP contribution < -0.4 is 38.5 Å². The highest BCUT2D eigenvalue weighted by Gasteiger charge is 2.34. The second-order valence-electron chi connectivity index (χ2n) is 27.2. The topological polar surface area (TPSA) is 576 Å². The predicted molar refractivity (Wildman–Crippen MR) is 417 cm³/mol. The molecule has 0 fully saturated rings. The molecule has 0 aliphatic carbocycles. The highest BCUT2D eigenvalue weighted by Crippen LogP contribution is 2.17. The lowest BCUT2D eigenvalue weighted by Gasteiger charge is -2.20. The lowest BCUT2D eigenvalue weighted by molar-refractivity contribution is -0.141. The molecule has 0 aliphatic rings. The molecule has 13 N–H and O–H groups in total. The Bertz CT molecular complexity index is 4550. The number of ether oxygens (including phenoxy) is 6. The zero-order chi connectivity index (χ0) is 86.4. The number of rotatable bonds is 5. The molecule has 0 unspecified atom stereocenters. The highest BCUT2D eigenvalue weighted by atomic mass is 32.2. The molecule has 2 aromatic carbocycles. The molecule has 618 valence electrons. The van der Waals surface area contributed by atoms with E-state index >= 15 is 0 Å². The Morgan fingerprint density at radius 3 is 1.28 bits per heavy atom. The first-order valence-corrected chi connectivity index (χ1v) is 35.8. The molecule has 0 saturated heterocycles. The van der Waals surface area contributed by atoms with Gasteiger partial charge in [0.05, 0.1) is 4.90 Å². The summed E-state index contributed by atoms with van der Waals surface area (Å²) in [6, 6.07) is 23.6. The fraction of sp³-hybridized carbons (Fsp3) is 0.368. The van der Waals surface area contributed by atoms with Gasteiger partial charge >= 0.3 is 42.5 Å². The van der Waals surface area contributed by atoms with Gasteiger partial charge in [0.1, 0.15) is 47.3 Å². The molecular weight excluding hydrogens is 1540 g/mol. The zero-order valence-corrected chi connectivity index (χ0v) is 67.4. The average molecular weight is 1630 g/mol. The van der Waals surface area contributed by atoms with Gasteiger partial charge in [-0.05, 0) is 165 Å². The van der Waals surface area contributed by atoms with Crippen molar-refractivity contribution in [2.75, 3.05) is 6.26 Å². The minimum absolute atomic E-state index is 0.00810. The number of nitrogens with two attached hydrogens (primary N) is 3. The van der Waals surface area contributed by atoms with E-state index in [0.717, 1.165) is 32.3 Å². The van der Waals surface area contributed by atoms with Gasteiger partial charge in [0.2, 0.25) is 35.8 Å². The maximum absolute atomic E-state index is 12.9. The molecule has 46 heteroatoms. The highest BCUT2D eigenvalue weighted by molar-refractivity contribution is 8.13. The fourth-order valence-electron chi connectivity index (χ4n) is 6.69. The van der Waals surface area contributed by atoms with Crippen LogP contribution in [0.3, 0.4) is 0 Å². The third-order valence-corrected chi connectivity index (χ3v) is 13.0. The van der Waals surface area contributed by atoms with Gasteiger partial charge < -0.3 is 45.6 Å². The van der Waals surface area contributed by atoms with Crippen LogP contribution in [-0.2, 0) is 49.8 Å². The summed E-state index contributed by atoms with van der Waals surface area (Å²) in [6.45, 7) is 28.1. The number of carbonyl (C=O) groups is 7. The number of amides is 7. The van der Waals surface area contributed by atoms with E-state index < -0.39 is 92.4 Å². The molecule has 114 heavy (non-hydrogen) atoms. The van der Waals surface area contributed by atoms with Crippen molar-refractivity contribution < 1.29 is 79.2 Å². The Labute approximate surface area is 659 Å². The fourth-order valence-corrected chi connectivity index (χ4v) is 7.98. The lowest BCUT2D eigenvalue weighted by Crippen LogP contribution is -2.44. The van der Waals surface area contributed by atoms with Gasteiger partial charge in [0, 0.05) is 68.9 Å². The first-order chi connectivity index (χ1) is 52.7. The number of aryl methyl sites for hydroxylation is 1. The number of amidine groups is 1. The minimum atomic E-state index is -4.03. The Kier molecular flexibility index (Phi) is 38.2. The molecule has 0 spiro atoms. The second kappa shape index (κ2) is 45.0. The first kappa shape index (κ1) is 96.6. The van der Waals surface area contributed by atoms with Crippen LogP contribution in [0.2, 0.25) is 0 Å². The molecule has 0 radical (unpaired) electrons. The van der Waals surface area contributed by atoms with Crippen molar-refractivity contribution in [3.8, 4) is 0 Å². The number of aromatic nitrogens is 13. The number of nitrogens with one attached hydrogen (secondary N) is 7. The Hall–Kier alpha value is -13.4. The van der Waals surface area contributed by atoms with Gasteiger partial charge in [0.25, 0.3) is 15.9 Å². The monoisotopic (exact) mass is 1630 g/mol.